The summed E-state index contributed by atoms with van der Waals surface area (Å²) in [5.41, 5.74) is 2.66. The van der Waals surface area contributed by atoms with Gasteiger partial charge in [-0.2, -0.15) is 0 Å². The second-order valence-electron chi connectivity index (χ2n) is 4.75. The van der Waals surface area contributed by atoms with Crippen molar-refractivity contribution < 1.29 is 4.74 Å². The van der Waals surface area contributed by atoms with Crippen LogP contribution in [0.15, 0.2) is 36.6 Å². The van der Waals surface area contributed by atoms with Crippen LogP contribution in [0.25, 0.3) is 0 Å². The molecule has 0 fully saturated rings. The van der Waals surface area contributed by atoms with Gasteiger partial charge in [0.05, 0.1) is 6.26 Å². The number of rotatable bonds is 4. The van der Waals surface area contributed by atoms with Gasteiger partial charge in [0, 0.05) is 12.6 Å². The minimum Gasteiger partial charge on any atom is -0.497 e. The standard InChI is InChI=1S/C15H21NO/c1-12-6-5-7-14(10-12)13(2)16-11-15-8-3-4-9-17-15/h4-7,9-10,13,15-16H,3,8,11H2,1-2H3/t13-,15?/m1/s1. The molecule has 17 heavy (non-hydrogen) atoms. The molecule has 1 heterocycles. The van der Waals surface area contributed by atoms with Crippen LogP contribution in [0.1, 0.15) is 36.9 Å². The van der Waals surface area contributed by atoms with E-state index in [9.17, 15) is 0 Å². The Balaban J connectivity index is 1.84. The van der Waals surface area contributed by atoms with Gasteiger partial charge in [-0.1, -0.05) is 29.8 Å². The Kier molecular flexibility index (Phi) is 4.21. The first-order chi connectivity index (χ1) is 8.25. The SMILES string of the molecule is Cc1cccc([C@@H](C)NCC2CCC=CO2)c1. The third-order valence-corrected chi connectivity index (χ3v) is 3.22. The largest absolute Gasteiger partial charge is 0.497 e. The highest BCUT2D eigenvalue weighted by Gasteiger charge is 2.12. The average Bonchev–Trinajstić information content (AvgIpc) is 2.37. The van der Waals surface area contributed by atoms with E-state index in [1.54, 1.807) is 0 Å². The lowest BCUT2D eigenvalue weighted by atomic mass is 10.1. The third kappa shape index (κ3) is 3.60. The normalized spacial score (nSPS) is 20.9. The van der Waals surface area contributed by atoms with E-state index in [0.717, 1.165) is 19.4 Å². The van der Waals surface area contributed by atoms with Gasteiger partial charge >= 0.3 is 0 Å². The Bertz CT molecular complexity index is 386. The van der Waals surface area contributed by atoms with Crippen LogP contribution in [0.4, 0.5) is 0 Å². The van der Waals surface area contributed by atoms with E-state index in [0.29, 0.717) is 12.1 Å². The van der Waals surface area contributed by atoms with Gasteiger partial charge < -0.3 is 10.1 Å². The molecule has 2 nitrogen and oxygen atoms in total. The van der Waals surface area contributed by atoms with Crippen molar-refractivity contribution in [2.24, 2.45) is 0 Å². The van der Waals surface area contributed by atoms with E-state index >= 15 is 0 Å². The topological polar surface area (TPSA) is 21.3 Å². The zero-order chi connectivity index (χ0) is 12.1. The van der Waals surface area contributed by atoms with E-state index in [4.69, 9.17) is 4.74 Å². The smallest absolute Gasteiger partial charge is 0.110 e. The number of ether oxygens (including phenoxy) is 1. The summed E-state index contributed by atoms with van der Waals surface area (Å²) in [6.07, 6.45) is 6.48. The highest BCUT2D eigenvalue weighted by molar-refractivity contribution is 5.24. The van der Waals surface area contributed by atoms with E-state index in [2.05, 4.69) is 49.5 Å². The van der Waals surface area contributed by atoms with Crippen LogP contribution in [0.2, 0.25) is 0 Å². The molecule has 1 unspecified atom stereocenters. The summed E-state index contributed by atoms with van der Waals surface area (Å²) in [7, 11) is 0. The molecule has 0 radical (unpaired) electrons. The fourth-order valence-electron chi connectivity index (χ4n) is 2.10. The molecule has 0 aromatic heterocycles. The Morgan fingerprint density at radius 3 is 3.06 bits per heavy atom. The summed E-state index contributed by atoms with van der Waals surface area (Å²) in [6.45, 7) is 5.25. The van der Waals surface area contributed by atoms with E-state index in [-0.39, 0.29) is 0 Å². The maximum atomic E-state index is 5.54. The maximum Gasteiger partial charge on any atom is 0.110 e. The lowest BCUT2D eigenvalue weighted by Crippen LogP contribution is -2.31. The van der Waals surface area contributed by atoms with Crippen LogP contribution < -0.4 is 5.32 Å². The number of aryl methyl sites for hydroxylation is 1. The van der Waals surface area contributed by atoms with Crippen LogP contribution in [0, 0.1) is 6.92 Å². The lowest BCUT2D eigenvalue weighted by molar-refractivity contribution is 0.120. The molecule has 1 aliphatic heterocycles. The molecule has 1 aliphatic rings. The Hall–Kier alpha value is -1.28. The van der Waals surface area contributed by atoms with Crippen LogP contribution in [0.5, 0.6) is 0 Å². The minimum atomic E-state index is 0.326. The molecule has 1 aromatic rings. The van der Waals surface area contributed by atoms with Crippen molar-refractivity contribution >= 4 is 0 Å². The quantitative estimate of drug-likeness (QED) is 0.858. The van der Waals surface area contributed by atoms with Crippen molar-refractivity contribution in [3.63, 3.8) is 0 Å². The molecule has 0 bridgehead atoms. The van der Waals surface area contributed by atoms with Crippen molar-refractivity contribution in [2.75, 3.05) is 6.54 Å². The van der Waals surface area contributed by atoms with E-state index in [1.807, 2.05) is 6.26 Å². The number of nitrogens with one attached hydrogen (secondary N) is 1. The monoisotopic (exact) mass is 231 g/mol. The van der Waals surface area contributed by atoms with Gasteiger partial charge in [-0.3, -0.25) is 0 Å². The molecule has 2 atom stereocenters. The molecule has 1 N–H and O–H groups in total. The van der Waals surface area contributed by atoms with Gasteiger partial charge in [-0.05, 0) is 38.3 Å². The zero-order valence-corrected chi connectivity index (χ0v) is 10.6. The number of benzene rings is 1. The Morgan fingerprint density at radius 2 is 2.35 bits per heavy atom. The number of hydrogen-bond donors (Lipinski definition) is 1. The van der Waals surface area contributed by atoms with Gasteiger partial charge in [0.1, 0.15) is 6.10 Å². The molecule has 2 heteroatoms. The van der Waals surface area contributed by atoms with Crippen LogP contribution in [0.3, 0.4) is 0 Å². The number of allylic oxidation sites excluding steroid dienone is 1. The lowest BCUT2D eigenvalue weighted by Gasteiger charge is -2.22. The summed E-state index contributed by atoms with van der Waals surface area (Å²) in [6, 6.07) is 9.03. The van der Waals surface area contributed by atoms with E-state index < -0.39 is 0 Å². The van der Waals surface area contributed by atoms with Gasteiger partial charge in [-0.15, -0.1) is 0 Å². The Morgan fingerprint density at radius 1 is 1.47 bits per heavy atom. The average molecular weight is 231 g/mol. The third-order valence-electron chi connectivity index (χ3n) is 3.22. The second-order valence-corrected chi connectivity index (χ2v) is 4.75. The summed E-state index contributed by atoms with van der Waals surface area (Å²) in [4.78, 5) is 0. The molecular formula is C15H21NO. The fraction of sp³-hybridized carbons (Fsp3) is 0.467. The van der Waals surface area contributed by atoms with Crippen molar-refractivity contribution in [1.82, 2.24) is 5.32 Å². The molecule has 2 rings (SSSR count). The molecule has 0 saturated carbocycles. The molecule has 0 aliphatic carbocycles. The first-order valence-corrected chi connectivity index (χ1v) is 6.36. The van der Waals surface area contributed by atoms with Crippen molar-refractivity contribution in [2.45, 2.75) is 38.8 Å². The molecule has 0 saturated heterocycles. The zero-order valence-electron chi connectivity index (χ0n) is 10.6. The van der Waals surface area contributed by atoms with Crippen LogP contribution in [-0.2, 0) is 4.74 Å². The highest BCUT2D eigenvalue weighted by atomic mass is 16.5. The molecular weight excluding hydrogens is 210 g/mol. The summed E-state index contributed by atoms with van der Waals surface area (Å²) >= 11 is 0. The van der Waals surface area contributed by atoms with Gasteiger partial charge in [0.15, 0.2) is 0 Å². The predicted octanol–water partition coefficient (Wildman–Crippen LogP) is 3.34. The summed E-state index contributed by atoms with van der Waals surface area (Å²) in [5.74, 6) is 0. The first-order valence-electron chi connectivity index (χ1n) is 6.36. The Labute approximate surface area is 104 Å². The van der Waals surface area contributed by atoms with Crippen LogP contribution >= 0.6 is 0 Å². The van der Waals surface area contributed by atoms with Gasteiger partial charge in [0.2, 0.25) is 0 Å². The summed E-state index contributed by atoms with van der Waals surface area (Å²) < 4.78 is 5.54. The fourth-order valence-corrected chi connectivity index (χ4v) is 2.10. The molecule has 1 aromatic carbocycles. The highest BCUT2D eigenvalue weighted by Crippen LogP contribution is 2.15. The van der Waals surface area contributed by atoms with Gasteiger partial charge in [-0.25, -0.2) is 0 Å². The van der Waals surface area contributed by atoms with Crippen LogP contribution in [-0.4, -0.2) is 12.6 Å². The van der Waals surface area contributed by atoms with Crippen molar-refractivity contribution in [1.29, 1.82) is 0 Å². The predicted molar refractivity (Wildman–Crippen MR) is 70.8 cm³/mol. The molecule has 0 spiro atoms. The van der Waals surface area contributed by atoms with E-state index in [1.165, 1.54) is 11.1 Å². The molecule has 92 valence electrons. The van der Waals surface area contributed by atoms with Crippen molar-refractivity contribution in [3.05, 3.63) is 47.7 Å². The van der Waals surface area contributed by atoms with Gasteiger partial charge in [0.25, 0.3) is 0 Å². The van der Waals surface area contributed by atoms with Crippen molar-refractivity contribution in [3.8, 4) is 0 Å². The second kappa shape index (κ2) is 5.87. The summed E-state index contributed by atoms with van der Waals surface area (Å²) in [5, 5.41) is 3.54. The first kappa shape index (κ1) is 12.2. The number of hydrogen-bond acceptors (Lipinski definition) is 2. The minimum absolute atomic E-state index is 0.326. The molecule has 0 amide bonds. The maximum absolute atomic E-state index is 5.54.